The summed E-state index contributed by atoms with van der Waals surface area (Å²) < 4.78 is 43.5. The smallest absolute Gasteiger partial charge is 0.439 e. The minimum atomic E-state index is -3.22. The second-order valence-corrected chi connectivity index (χ2v) is 10.4. The highest BCUT2D eigenvalue weighted by molar-refractivity contribution is 7.93. The Balaban J connectivity index is 1.94. The van der Waals surface area contributed by atoms with Gasteiger partial charge in [0.05, 0.1) is 26.0 Å². The van der Waals surface area contributed by atoms with Gasteiger partial charge in [-0.25, -0.2) is 22.8 Å². The molecule has 1 aromatic carbocycles. The van der Waals surface area contributed by atoms with Crippen molar-refractivity contribution < 1.29 is 27.7 Å². The van der Waals surface area contributed by atoms with Crippen LogP contribution in [0.5, 0.6) is 0 Å². The van der Waals surface area contributed by atoms with Gasteiger partial charge in [-0.05, 0) is 37.6 Å². The van der Waals surface area contributed by atoms with Crippen LogP contribution in [0.1, 0.15) is 35.3 Å². The standard InChI is InChI=1S/C21H23ClF2N4O4S/c1-13-17(22)12-16(18(25-13)28-9-4-7-21(23,24)8-10-28)19(29)26-14-5-3-6-15(11-14)33(2,32)27-20(30)31/h3,5-6,11-12H,4,7-10H2,1-2H3,(H,26,29)(H,30,31). The van der Waals surface area contributed by atoms with Gasteiger partial charge in [-0.2, -0.15) is 0 Å². The normalized spacial score (nSPS) is 17.5. The van der Waals surface area contributed by atoms with Gasteiger partial charge in [0.2, 0.25) is 5.92 Å². The Bertz CT molecular complexity index is 1210. The van der Waals surface area contributed by atoms with E-state index in [1.165, 1.54) is 36.6 Å². The van der Waals surface area contributed by atoms with Crippen LogP contribution in [-0.4, -0.2) is 51.6 Å². The van der Waals surface area contributed by atoms with Gasteiger partial charge in [0.15, 0.2) is 0 Å². The Labute approximate surface area is 195 Å². The molecule has 1 saturated heterocycles. The first kappa shape index (κ1) is 24.8. The SMILES string of the molecule is Cc1nc(N2CCCC(F)(F)CC2)c(C(=O)Nc2cccc(S(C)(=O)=NC(=O)O)c2)cc1Cl. The lowest BCUT2D eigenvalue weighted by Gasteiger charge is -2.24. The number of aromatic nitrogens is 1. The van der Waals surface area contributed by atoms with E-state index in [4.69, 9.17) is 16.7 Å². The molecule has 1 aromatic heterocycles. The van der Waals surface area contributed by atoms with Crippen LogP contribution in [0.15, 0.2) is 39.6 Å². The first-order valence-electron chi connectivity index (χ1n) is 10.0. The van der Waals surface area contributed by atoms with E-state index in [0.29, 0.717) is 12.2 Å². The van der Waals surface area contributed by atoms with E-state index in [-0.39, 0.29) is 52.8 Å². The van der Waals surface area contributed by atoms with Gasteiger partial charge in [0, 0.05) is 42.8 Å². The molecule has 1 fully saturated rings. The maximum atomic E-state index is 13.8. The molecule has 3 rings (SSSR count). The first-order valence-corrected chi connectivity index (χ1v) is 12.3. The molecule has 0 aliphatic carbocycles. The zero-order valence-electron chi connectivity index (χ0n) is 18.0. The Morgan fingerprint density at radius 3 is 2.70 bits per heavy atom. The van der Waals surface area contributed by atoms with Crippen LogP contribution in [-0.2, 0) is 9.73 Å². The van der Waals surface area contributed by atoms with Gasteiger partial charge < -0.3 is 15.3 Å². The van der Waals surface area contributed by atoms with Crippen molar-refractivity contribution in [3.8, 4) is 0 Å². The zero-order chi connectivity index (χ0) is 24.4. The van der Waals surface area contributed by atoms with Crippen LogP contribution >= 0.6 is 11.6 Å². The molecule has 178 valence electrons. The van der Waals surface area contributed by atoms with E-state index < -0.39 is 27.7 Å². The van der Waals surface area contributed by atoms with Gasteiger partial charge in [-0.15, -0.1) is 4.36 Å². The third-order valence-corrected chi connectivity index (χ3v) is 7.19. The van der Waals surface area contributed by atoms with E-state index in [2.05, 4.69) is 14.7 Å². The Kier molecular flexibility index (Phi) is 7.23. The molecule has 8 nitrogen and oxygen atoms in total. The summed E-state index contributed by atoms with van der Waals surface area (Å²) in [6.07, 6.45) is -0.722. The largest absolute Gasteiger partial charge is 0.463 e. The summed E-state index contributed by atoms with van der Waals surface area (Å²) in [6.45, 7) is 2.01. The molecule has 1 aliphatic heterocycles. The second-order valence-electron chi connectivity index (χ2n) is 7.78. The molecule has 0 spiro atoms. The van der Waals surface area contributed by atoms with Crippen molar-refractivity contribution in [3.05, 3.63) is 46.6 Å². The second kappa shape index (κ2) is 9.60. The summed E-state index contributed by atoms with van der Waals surface area (Å²) in [5, 5.41) is 11.7. The number of pyridine rings is 1. The highest BCUT2D eigenvalue weighted by atomic mass is 35.5. The number of carbonyl (C=O) groups is 2. The fourth-order valence-corrected chi connectivity index (χ4v) is 4.69. The van der Waals surface area contributed by atoms with Crippen LogP contribution in [0.4, 0.5) is 25.1 Å². The van der Waals surface area contributed by atoms with E-state index in [9.17, 15) is 22.6 Å². The number of carboxylic acid groups (broad SMARTS) is 1. The molecule has 1 unspecified atom stereocenters. The predicted molar refractivity (Wildman–Crippen MR) is 122 cm³/mol. The number of benzene rings is 1. The molecule has 2 amide bonds. The summed E-state index contributed by atoms with van der Waals surface area (Å²) in [5.41, 5.74) is 0.814. The summed E-state index contributed by atoms with van der Waals surface area (Å²) in [4.78, 5) is 30.2. The third-order valence-electron chi connectivity index (χ3n) is 5.17. The van der Waals surface area contributed by atoms with Crippen LogP contribution < -0.4 is 10.2 Å². The van der Waals surface area contributed by atoms with Crippen LogP contribution in [0.2, 0.25) is 5.02 Å². The number of hydrogen-bond donors (Lipinski definition) is 2. The monoisotopic (exact) mass is 500 g/mol. The molecule has 1 aliphatic rings. The van der Waals surface area contributed by atoms with Crippen molar-refractivity contribution >= 4 is 44.8 Å². The number of aryl methyl sites for hydroxylation is 1. The molecule has 2 heterocycles. The molecule has 1 atom stereocenters. The lowest BCUT2D eigenvalue weighted by molar-refractivity contribution is -0.0102. The van der Waals surface area contributed by atoms with Crippen LogP contribution in [0.25, 0.3) is 0 Å². The van der Waals surface area contributed by atoms with Gasteiger partial charge in [0.25, 0.3) is 5.91 Å². The molecule has 2 aromatic rings. The van der Waals surface area contributed by atoms with Gasteiger partial charge >= 0.3 is 6.09 Å². The van der Waals surface area contributed by atoms with E-state index >= 15 is 0 Å². The lowest BCUT2D eigenvalue weighted by atomic mass is 10.1. The average molecular weight is 501 g/mol. The van der Waals surface area contributed by atoms with Gasteiger partial charge in [-0.1, -0.05) is 17.7 Å². The number of hydrogen-bond acceptors (Lipinski definition) is 5. The fourth-order valence-electron chi connectivity index (χ4n) is 3.46. The van der Waals surface area contributed by atoms with Crippen molar-refractivity contribution in [2.45, 2.75) is 37.0 Å². The number of halogens is 3. The average Bonchev–Trinajstić information content (AvgIpc) is 2.89. The predicted octanol–water partition coefficient (Wildman–Crippen LogP) is 5.06. The maximum Gasteiger partial charge on any atom is 0.439 e. The summed E-state index contributed by atoms with van der Waals surface area (Å²) >= 11 is 6.20. The Hall–Kier alpha value is -2.79. The van der Waals surface area contributed by atoms with Gasteiger partial charge in [0.1, 0.15) is 5.82 Å². The van der Waals surface area contributed by atoms with E-state index in [0.717, 1.165) is 0 Å². The lowest BCUT2D eigenvalue weighted by Crippen LogP contribution is -2.29. The van der Waals surface area contributed by atoms with Crippen LogP contribution in [0, 0.1) is 6.92 Å². The number of alkyl halides is 2. The number of nitrogens with zero attached hydrogens (tertiary/aromatic N) is 3. The molecule has 0 radical (unpaired) electrons. The van der Waals surface area contributed by atoms with Crippen molar-refractivity contribution in [2.24, 2.45) is 4.36 Å². The van der Waals surface area contributed by atoms with Crippen molar-refractivity contribution in [1.82, 2.24) is 4.98 Å². The van der Waals surface area contributed by atoms with Crippen molar-refractivity contribution in [1.29, 1.82) is 0 Å². The van der Waals surface area contributed by atoms with Gasteiger partial charge in [-0.3, -0.25) is 4.79 Å². The summed E-state index contributed by atoms with van der Waals surface area (Å²) in [5.74, 6) is -3.11. The molecular formula is C21H23ClF2N4O4S. The van der Waals surface area contributed by atoms with Crippen molar-refractivity contribution in [3.63, 3.8) is 0 Å². The van der Waals surface area contributed by atoms with E-state index in [1.807, 2.05) is 0 Å². The summed E-state index contributed by atoms with van der Waals surface area (Å²) in [6, 6.07) is 7.28. The first-order chi connectivity index (χ1) is 15.4. The topological polar surface area (TPSA) is 112 Å². The number of carbonyl (C=O) groups excluding carboxylic acids is 1. The minimum Gasteiger partial charge on any atom is -0.463 e. The Morgan fingerprint density at radius 2 is 2.00 bits per heavy atom. The summed E-state index contributed by atoms with van der Waals surface area (Å²) in [7, 11) is -3.22. The highest BCUT2D eigenvalue weighted by Crippen LogP contribution is 2.32. The Morgan fingerprint density at radius 1 is 1.27 bits per heavy atom. The molecule has 33 heavy (non-hydrogen) atoms. The molecular weight excluding hydrogens is 478 g/mol. The van der Waals surface area contributed by atoms with E-state index in [1.54, 1.807) is 11.8 Å². The number of amides is 2. The third kappa shape index (κ3) is 6.17. The minimum absolute atomic E-state index is 0.0332. The number of anilines is 2. The number of rotatable bonds is 4. The van der Waals surface area contributed by atoms with Crippen molar-refractivity contribution in [2.75, 3.05) is 29.6 Å². The highest BCUT2D eigenvalue weighted by Gasteiger charge is 2.33. The van der Waals surface area contributed by atoms with Crippen LogP contribution in [0.3, 0.4) is 0 Å². The fraction of sp³-hybridized carbons (Fsp3) is 0.381. The molecule has 2 N–H and O–H groups in total. The quantitative estimate of drug-likeness (QED) is 0.607. The molecule has 0 bridgehead atoms. The molecule has 0 saturated carbocycles. The zero-order valence-corrected chi connectivity index (χ0v) is 19.6. The number of nitrogens with one attached hydrogen (secondary N) is 1. The maximum absolute atomic E-state index is 13.8. The molecule has 12 heteroatoms.